The fourth-order valence-electron chi connectivity index (χ4n) is 3.83. The number of hydrogen-bond acceptors (Lipinski definition) is 3. The van der Waals surface area contributed by atoms with Crippen molar-refractivity contribution >= 4 is 11.0 Å². The number of fused-ring (bicyclic) bond motifs is 1. The highest BCUT2D eigenvalue weighted by Crippen LogP contribution is 2.37. The number of aromatic nitrogens is 4. The van der Waals surface area contributed by atoms with E-state index in [1.165, 1.54) is 25.7 Å². The zero-order valence-corrected chi connectivity index (χ0v) is 12.9. The Morgan fingerprint density at radius 1 is 1.35 bits per heavy atom. The Hall–Kier alpha value is -2.61. The predicted octanol–water partition coefficient (Wildman–Crippen LogP) is 4.07. The molecule has 1 N–H and O–H groups in total. The molecule has 1 fully saturated rings. The zero-order valence-electron chi connectivity index (χ0n) is 12.9. The summed E-state index contributed by atoms with van der Waals surface area (Å²) >= 11 is 0. The Morgan fingerprint density at radius 2 is 2.22 bits per heavy atom. The van der Waals surface area contributed by atoms with E-state index >= 15 is 0 Å². The van der Waals surface area contributed by atoms with Gasteiger partial charge < -0.3 is 9.55 Å². The van der Waals surface area contributed by atoms with Gasteiger partial charge in [0, 0.05) is 41.1 Å². The summed E-state index contributed by atoms with van der Waals surface area (Å²) in [6, 6.07) is 6.80. The maximum Gasteiger partial charge on any atom is 0.160 e. The van der Waals surface area contributed by atoms with E-state index in [0.717, 1.165) is 22.2 Å². The summed E-state index contributed by atoms with van der Waals surface area (Å²) in [4.78, 5) is 3.10. The number of H-pyrrole nitrogens is 1. The first kappa shape index (κ1) is 14.0. The summed E-state index contributed by atoms with van der Waals surface area (Å²) in [6.45, 7) is 0. The minimum Gasteiger partial charge on any atom is -0.349 e. The van der Waals surface area contributed by atoms with Gasteiger partial charge in [-0.05, 0) is 30.9 Å². The van der Waals surface area contributed by atoms with Gasteiger partial charge in [0.25, 0.3) is 0 Å². The lowest BCUT2D eigenvalue weighted by atomic mass is 9.95. The third-order valence-corrected chi connectivity index (χ3v) is 5.01. The quantitative estimate of drug-likeness (QED) is 0.789. The average molecular weight is 305 g/mol. The molecule has 23 heavy (non-hydrogen) atoms. The van der Waals surface area contributed by atoms with Gasteiger partial charge in [0.05, 0.1) is 18.7 Å². The van der Waals surface area contributed by atoms with Gasteiger partial charge in [-0.2, -0.15) is 10.4 Å². The summed E-state index contributed by atoms with van der Waals surface area (Å²) in [6.07, 6.45) is 13.6. The van der Waals surface area contributed by atoms with Crippen LogP contribution in [0.15, 0.2) is 36.9 Å². The van der Waals surface area contributed by atoms with Gasteiger partial charge in [-0.15, -0.1) is 5.10 Å². The molecule has 3 heterocycles. The molecule has 0 radical (unpaired) electrons. The molecular weight excluding hydrogens is 286 g/mol. The Balaban J connectivity index is 1.70. The van der Waals surface area contributed by atoms with Gasteiger partial charge in [-0.3, -0.25) is 0 Å². The fraction of sp³-hybridized carbons (Fsp3) is 0.389. The van der Waals surface area contributed by atoms with Gasteiger partial charge in [-0.25, -0.2) is 0 Å². The summed E-state index contributed by atoms with van der Waals surface area (Å²) in [7, 11) is 0. The second kappa shape index (κ2) is 5.88. The largest absolute Gasteiger partial charge is 0.349 e. The number of aromatic amines is 1. The van der Waals surface area contributed by atoms with Crippen LogP contribution in [0, 0.1) is 17.2 Å². The number of nitriles is 1. The molecule has 0 amide bonds. The van der Waals surface area contributed by atoms with E-state index in [1.54, 1.807) is 0 Å². The number of nitrogens with zero attached hydrogens (tertiary/aromatic N) is 4. The van der Waals surface area contributed by atoms with Gasteiger partial charge in [0.2, 0.25) is 0 Å². The molecule has 1 aliphatic carbocycles. The molecule has 1 saturated carbocycles. The van der Waals surface area contributed by atoms with Crippen molar-refractivity contribution in [3.63, 3.8) is 0 Å². The second-order valence-corrected chi connectivity index (χ2v) is 6.32. The van der Waals surface area contributed by atoms with Crippen molar-refractivity contribution < 1.29 is 0 Å². The smallest absolute Gasteiger partial charge is 0.160 e. The maximum absolute atomic E-state index is 9.21. The number of nitrogens with one attached hydrogen (secondary N) is 1. The molecule has 5 heteroatoms. The Labute approximate surface area is 135 Å². The van der Waals surface area contributed by atoms with E-state index in [1.807, 2.05) is 18.5 Å². The molecule has 3 aromatic heterocycles. The first-order chi connectivity index (χ1) is 11.4. The van der Waals surface area contributed by atoms with Crippen molar-refractivity contribution in [2.75, 3.05) is 0 Å². The fourth-order valence-corrected chi connectivity index (χ4v) is 3.83. The normalized spacial score (nSPS) is 16.7. The summed E-state index contributed by atoms with van der Waals surface area (Å²) in [5.74, 6) is 0.623. The van der Waals surface area contributed by atoms with Gasteiger partial charge in [-0.1, -0.05) is 12.8 Å². The molecular formula is C18H19N5. The molecule has 5 nitrogen and oxygen atoms in total. The van der Waals surface area contributed by atoms with Gasteiger partial charge >= 0.3 is 0 Å². The van der Waals surface area contributed by atoms with Crippen molar-refractivity contribution in [1.82, 2.24) is 19.7 Å². The topological polar surface area (TPSA) is 70.3 Å². The third-order valence-electron chi connectivity index (χ3n) is 5.01. The van der Waals surface area contributed by atoms with Crippen molar-refractivity contribution in [2.24, 2.45) is 5.92 Å². The van der Waals surface area contributed by atoms with E-state index in [9.17, 15) is 5.26 Å². The highest BCUT2D eigenvalue weighted by atomic mass is 15.1. The highest BCUT2D eigenvalue weighted by Gasteiger charge is 2.26. The van der Waals surface area contributed by atoms with E-state index in [2.05, 4.69) is 44.3 Å². The highest BCUT2D eigenvalue weighted by molar-refractivity contribution is 5.91. The van der Waals surface area contributed by atoms with E-state index in [-0.39, 0.29) is 6.04 Å². The Bertz CT molecular complexity index is 848. The predicted molar refractivity (Wildman–Crippen MR) is 88.5 cm³/mol. The van der Waals surface area contributed by atoms with Crippen LogP contribution >= 0.6 is 0 Å². The first-order valence-electron chi connectivity index (χ1n) is 8.20. The molecule has 0 spiro atoms. The third kappa shape index (κ3) is 2.50. The van der Waals surface area contributed by atoms with Crippen LogP contribution in [0.5, 0.6) is 0 Å². The van der Waals surface area contributed by atoms with Crippen LogP contribution in [0.1, 0.15) is 38.1 Å². The first-order valence-corrected chi connectivity index (χ1v) is 8.20. The molecule has 1 atom stereocenters. The average Bonchev–Trinajstić information content (AvgIpc) is 3.32. The van der Waals surface area contributed by atoms with Crippen LogP contribution in [-0.4, -0.2) is 19.7 Å². The van der Waals surface area contributed by atoms with Crippen LogP contribution in [0.2, 0.25) is 0 Å². The van der Waals surface area contributed by atoms with Crippen LogP contribution in [-0.2, 0) is 0 Å². The Kier molecular flexibility index (Phi) is 3.58. The van der Waals surface area contributed by atoms with E-state index in [4.69, 9.17) is 0 Å². The maximum atomic E-state index is 9.21. The monoisotopic (exact) mass is 305 g/mol. The molecule has 116 valence electrons. The number of rotatable bonds is 4. The van der Waals surface area contributed by atoms with Crippen LogP contribution < -0.4 is 0 Å². The minimum absolute atomic E-state index is 0.285. The van der Waals surface area contributed by atoms with Crippen LogP contribution in [0.3, 0.4) is 0 Å². The Morgan fingerprint density at radius 3 is 3.04 bits per heavy atom. The van der Waals surface area contributed by atoms with Crippen molar-refractivity contribution in [3.8, 4) is 17.2 Å². The van der Waals surface area contributed by atoms with Crippen LogP contribution in [0.25, 0.3) is 22.2 Å². The second-order valence-electron chi connectivity index (χ2n) is 6.32. The minimum atomic E-state index is 0.285. The molecule has 4 rings (SSSR count). The van der Waals surface area contributed by atoms with Crippen molar-refractivity contribution in [3.05, 3.63) is 36.9 Å². The van der Waals surface area contributed by atoms with Crippen molar-refractivity contribution in [1.29, 1.82) is 5.26 Å². The van der Waals surface area contributed by atoms with Crippen LogP contribution in [0.4, 0.5) is 0 Å². The number of hydrogen-bond donors (Lipinski definition) is 1. The molecule has 1 unspecified atom stereocenters. The lowest BCUT2D eigenvalue weighted by Gasteiger charge is -2.22. The van der Waals surface area contributed by atoms with E-state index in [0.29, 0.717) is 12.3 Å². The summed E-state index contributed by atoms with van der Waals surface area (Å²) < 4.78 is 2.23. The lowest BCUT2D eigenvalue weighted by Crippen LogP contribution is -2.15. The van der Waals surface area contributed by atoms with Gasteiger partial charge in [0.1, 0.15) is 0 Å². The van der Waals surface area contributed by atoms with Gasteiger partial charge in [0.15, 0.2) is 5.65 Å². The summed E-state index contributed by atoms with van der Waals surface area (Å²) in [5, 5.41) is 18.5. The molecule has 0 aromatic carbocycles. The molecule has 0 saturated heterocycles. The standard InChI is InChI=1S/C18H19N5/c19-8-5-17(13-3-1-2-4-13)23-10-7-14(12-23)16-11-21-22-18-15(16)6-9-20-18/h6-7,9-13,17H,1-5H2,(H,20,22). The molecule has 3 aromatic rings. The zero-order chi connectivity index (χ0) is 15.6. The molecule has 0 bridgehead atoms. The van der Waals surface area contributed by atoms with Crippen molar-refractivity contribution in [2.45, 2.75) is 38.1 Å². The summed E-state index contributed by atoms with van der Waals surface area (Å²) in [5.41, 5.74) is 3.02. The van der Waals surface area contributed by atoms with E-state index < -0.39 is 0 Å². The molecule has 0 aliphatic heterocycles. The lowest BCUT2D eigenvalue weighted by molar-refractivity contribution is 0.340. The SMILES string of the molecule is N#CCC(C1CCCC1)n1ccc(-c2cnnc3[nH]ccc23)c1. The molecule has 1 aliphatic rings.